The molecule has 3 unspecified atom stereocenters. The van der Waals surface area contributed by atoms with E-state index in [0.717, 1.165) is 18.0 Å². The second-order valence-electron chi connectivity index (χ2n) is 4.22. The lowest BCUT2D eigenvalue weighted by molar-refractivity contribution is 0.198. The molecule has 2 rings (SSSR count). The summed E-state index contributed by atoms with van der Waals surface area (Å²) in [5.41, 5.74) is 0. The molecule has 0 bridgehead atoms. The second kappa shape index (κ2) is 2.76. The average Bonchev–Trinajstić information content (AvgIpc) is 2.27. The van der Waals surface area contributed by atoms with Crippen molar-refractivity contribution >= 4 is 0 Å². The maximum Gasteiger partial charge on any atom is 0.0226 e. The van der Waals surface area contributed by atoms with Crippen molar-refractivity contribution in [3.05, 3.63) is 0 Å². The molecule has 2 saturated heterocycles. The van der Waals surface area contributed by atoms with Crippen molar-refractivity contribution in [2.75, 3.05) is 20.1 Å². The Morgan fingerprint density at radius 1 is 1.45 bits per heavy atom. The molecule has 0 aliphatic carbocycles. The van der Waals surface area contributed by atoms with Crippen molar-refractivity contribution in [1.82, 2.24) is 10.2 Å². The minimum atomic E-state index is 0.761. The third-order valence-electron chi connectivity index (χ3n) is 3.11. The first-order valence-corrected chi connectivity index (χ1v) is 4.70. The van der Waals surface area contributed by atoms with E-state index < -0.39 is 0 Å². The van der Waals surface area contributed by atoms with E-state index in [1.807, 2.05) is 0 Å². The molecule has 11 heavy (non-hydrogen) atoms. The van der Waals surface area contributed by atoms with E-state index >= 15 is 0 Å². The molecule has 0 spiro atoms. The van der Waals surface area contributed by atoms with Crippen LogP contribution in [0.15, 0.2) is 0 Å². The maximum atomic E-state index is 3.64. The summed E-state index contributed by atoms with van der Waals surface area (Å²) in [5, 5.41) is 3.64. The molecule has 2 heteroatoms. The van der Waals surface area contributed by atoms with Crippen molar-refractivity contribution in [1.29, 1.82) is 0 Å². The number of piperidine rings is 1. The molecule has 0 aromatic rings. The normalized spacial score (nSPS) is 45.8. The highest BCUT2D eigenvalue weighted by atomic mass is 15.2. The lowest BCUT2D eigenvalue weighted by Gasteiger charge is -2.32. The number of rotatable bonds is 0. The quantitative estimate of drug-likeness (QED) is 0.552. The molecule has 2 fully saturated rings. The Balaban J connectivity index is 1.97. The molecule has 1 N–H and O–H groups in total. The molecule has 0 radical (unpaired) electrons. The highest BCUT2D eigenvalue weighted by Crippen LogP contribution is 2.27. The van der Waals surface area contributed by atoms with E-state index in [2.05, 4.69) is 24.2 Å². The van der Waals surface area contributed by atoms with Crippen LogP contribution >= 0.6 is 0 Å². The first kappa shape index (κ1) is 7.56. The lowest BCUT2D eigenvalue weighted by Crippen LogP contribution is -2.45. The Morgan fingerprint density at radius 2 is 2.27 bits per heavy atom. The van der Waals surface area contributed by atoms with Crippen LogP contribution < -0.4 is 5.32 Å². The molecule has 2 nitrogen and oxygen atoms in total. The molecule has 3 atom stereocenters. The highest BCUT2D eigenvalue weighted by Gasteiger charge is 2.34. The van der Waals surface area contributed by atoms with E-state index in [4.69, 9.17) is 0 Å². The van der Waals surface area contributed by atoms with Crippen molar-refractivity contribution in [3.63, 3.8) is 0 Å². The van der Waals surface area contributed by atoms with Gasteiger partial charge in [0.15, 0.2) is 0 Å². The summed E-state index contributed by atoms with van der Waals surface area (Å²) in [6, 6.07) is 1.56. The van der Waals surface area contributed by atoms with E-state index in [9.17, 15) is 0 Å². The number of hydrogen-bond acceptors (Lipinski definition) is 2. The number of nitrogens with zero attached hydrogens (tertiary/aromatic N) is 1. The van der Waals surface area contributed by atoms with Crippen LogP contribution in [0, 0.1) is 5.92 Å². The van der Waals surface area contributed by atoms with Gasteiger partial charge in [-0.15, -0.1) is 0 Å². The zero-order chi connectivity index (χ0) is 7.84. The van der Waals surface area contributed by atoms with Crippen LogP contribution in [0.2, 0.25) is 0 Å². The fraction of sp³-hybridized carbons (Fsp3) is 1.00. The van der Waals surface area contributed by atoms with Crippen molar-refractivity contribution in [2.45, 2.75) is 31.8 Å². The Kier molecular flexibility index (Phi) is 1.90. The molecule has 0 aromatic carbocycles. The van der Waals surface area contributed by atoms with Crippen LogP contribution in [0.1, 0.15) is 19.8 Å². The van der Waals surface area contributed by atoms with Crippen molar-refractivity contribution < 1.29 is 0 Å². The summed E-state index contributed by atoms with van der Waals surface area (Å²) in [6.07, 6.45) is 2.80. The second-order valence-corrected chi connectivity index (χ2v) is 4.22. The number of hydrogen-bond donors (Lipinski definition) is 1. The monoisotopic (exact) mass is 154 g/mol. The SMILES string of the molecule is CC1CC2CCN(C)CC2N1. The van der Waals surface area contributed by atoms with Gasteiger partial charge in [0.25, 0.3) is 0 Å². The lowest BCUT2D eigenvalue weighted by atomic mass is 9.92. The Morgan fingerprint density at radius 3 is 3.09 bits per heavy atom. The summed E-state index contributed by atoms with van der Waals surface area (Å²) < 4.78 is 0. The molecule has 2 heterocycles. The Hall–Kier alpha value is -0.0800. The van der Waals surface area contributed by atoms with Gasteiger partial charge in [0.2, 0.25) is 0 Å². The summed E-state index contributed by atoms with van der Waals surface area (Å²) in [6.45, 7) is 4.86. The van der Waals surface area contributed by atoms with Gasteiger partial charge in [-0.3, -0.25) is 0 Å². The van der Waals surface area contributed by atoms with Gasteiger partial charge in [0.1, 0.15) is 0 Å². The summed E-state index contributed by atoms with van der Waals surface area (Å²) in [7, 11) is 2.22. The Labute approximate surface area is 69.0 Å². The van der Waals surface area contributed by atoms with E-state index in [1.165, 1.54) is 25.9 Å². The van der Waals surface area contributed by atoms with Gasteiger partial charge in [-0.25, -0.2) is 0 Å². The molecule has 64 valence electrons. The maximum absolute atomic E-state index is 3.64. The van der Waals surface area contributed by atoms with Crippen LogP contribution in [-0.2, 0) is 0 Å². The highest BCUT2D eigenvalue weighted by molar-refractivity contribution is 4.93. The molecule has 0 saturated carbocycles. The van der Waals surface area contributed by atoms with Gasteiger partial charge in [-0.05, 0) is 39.3 Å². The van der Waals surface area contributed by atoms with Gasteiger partial charge < -0.3 is 10.2 Å². The van der Waals surface area contributed by atoms with Crippen LogP contribution in [0.25, 0.3) is 0 Å². The summed E-state index contributed by atoms with van der Waals surface area (Å²) in [5.74, 6) is 0.973. The summed E-state index contributed by atoms with van der Waals surface area (Å²) >= 11 is 0. The van der Waals surface area contributed by atoms with Gasteiger partial charge >= 0.3 is 0 Å². The molecule has 2 aliphatic heterocycles. The number of likely N-dealkylation sites (N-methyl/N-ethyl adjacent to an activating group) is 1. The first-order valence-electron chi connectivity index (χ1n) is 4.70. The van der Waals surface area contributed by atoms with Gasteiger partial charge in [0, 0.05) is 18.6 Å². The first-order chi connectivity index (χ1) is 5.25. The van der Waals surface area contributed by atoms with Gasteiger partial charge in [0.05, 0.1) is 0 Å². The molecule has 0 amide bonds. The predicted molar refractivity (Wildman–Crippen MR) is 46.6 cm³/mol. The van der Waals surface area contributed by atoms with Crippen molar-refractivity contribution in [2.24, 2.45) is 5.92 Å². The summed E-state index contributed by atoms with van der Waals surface area (Å²) in [4.78, 5) is 2.44. The van der Waals surface area contributed by atoms with E-state index in [0.29, 0.717) is 0 Å². The number of nitrogens with one attached hydrogen (secondary N) is 1. The van der Waals surface area contributed by atoms with Crippen LogP contribution in [-0.4, -0.2) is 37.1 Å². The van der Waals surface area contributed by atoms with E-state index in [1.54, 1.807) is 0 Å². The molecular formula is C9H18N2. The van der Waals surface area contributed by atoms with Crippen LogP contribution in [0.5, 0.6) is 0 Å². The molecule has 0 aromatic heterocycles. The number of fused-ring (bicyclic) bond motifs is 1. The largest absolute Gasteiger partial charge is 0.310 e. The minimum absolute atomic E-state index is 0.761. The molecule has 2 aliphatic rings. The predicted octanol–water partition coefficient (Wildman–Crippen LogP) is 0.688. The fourth-order valence-corrected chi connectivity index (χ4v) is 2.52. The molecular weight excluding hydrogens is 136 g/mol. The third-order valence-corrected chi connectivity index (χ3v) is 3.11. The zero-order valence-corrected chi connectivity index (χ0v) is 7.51. The number of likely N-dealkylation sites (tertiary alicyclic amines) is 1. The standard InChI is InChI=1S/C9H18N2/c1-7-5-8-3-4-11(2)6-9(8)10-7/h7-10H,3-6H2,1-2H3. The third kappa shape index (κ3) is 1.42. The smallest absolute Gasteiger partial charge is 0.0226 e. The van der Waals surface area contributed by atoms with Gasteiger partial charge in [-0.1, -0.05) is 0 Å². The minimum Gasteiger partial charge on any atom is -0.310 e. The van der Waals surface area contributed by atoms with Crippen LogP contribution in [0.4, 0.5) is 0 Å². The van der Waals surface area contributed by atoms with Gasteiger partial charge in [-0.2, -0.15) is 0 Å². The Bertz CT molecular complexity index is 146. The zero-order valence-electron chi connectivity index (χ0n) is 7.51. The van der Waals surface area contributed by atoms with E-state index in [-0.39, 0.29) is 0 Å². The average molecular weight is 154 g/mol. The topological polar surface area (TPSA) is 15.3 Å². The fourth-order valence-electron chi connectivity index (χ4n) is 2.52. The van der Waals surface area contributed by atoms with Crippen LogP contribution in [0.3, 0.4) is 0 Å². The van der Waals surface area contributed by atoms with Crippen molar-refractivity contribution in [3.8, 4) is 0 Å².